The molecule has 0 aliphatic carbocycles. The number of nitrogens with one attached hydrogen (secondary N) is 3. The molecule has 2 heterocycles. The average molecular weight is 518 g/mol. The first-order valence-corrected chi connectivity index (χ1v) is 12.8. The molecule has 2 amide bonds. The van der Waals surface area contributed by atoms with Crippen molar-refractivity contribution in [3.05, 3.63) is 81.6 Å². The Hall–Kier alpha value is -4.02. The van der Waals surface area contributed by atoms with E-state index in [1.807, 2.05) is 54.1 Å². The van der Waals surface area contributed by atoms with Crippen molar-refractivity contribution in [2.45, 2.75) is 26.9 Å². The Labute approximate surface area is 222 Å². The highest BCUT2D eigenvalue weighted by atomic mass is 16.2. The number of H-pyrrole nitrogens is 1. The second-order valence-electron chi connectivity index (χ2n) is 9.38. The average Bonchev–Trinajstić information content (AvgIpc) is 3.35. The predicted molar refractivity (Wildman–Crippen MR) is 147 cm³/mol. The predicted octanol–water partition coefficient (Wildman–Crippen LogP) is 1.67. The third-order valence-electron chi connectivity index (χ3n) is 6.66. The number of aromatic nitrogens is 2. The molecule has 38 heavy (non-hydrogen) atoms. The third kappa shape index (κ3) is 6.64. The van der Waals surface area contributed by atoms with Crippen LogP contribution in [-0.2, 0) is 22.7 Å². The van der Waals surface area contributed by atoms with E-state index in [-0.39, 0.29) is 30.5 Å². The summed E-state index contributed by atoms with van der Waals surface area (Å²) in [5.74, 6) is -0.262. The number of fused-ring (bicyclic) bond motifs is 1. The molecule has 0 fully saturated rings. The Balaban J connectivity index is 1.51. The SMILES string of the molecule is CCNCCNC(=O)CN(CC(=O)N(C)N1Cc2ccccc2C1)c1ccc(-c2ccc(=O)[nH]n2)cc1C. The molecule has 1 aliphatic heterocycles. The van der Waals surface area contributed by atoms with Crippen LogP contribution in [0.25, 0.3) is 11.3 Å². The molecule has 1 aromatic heterocycles. The molecule has 10 nitrogen and oxygen atoms in total. The molecule has 0 spiro atoms. The Morgan fingerprint density at radius 1 is 1.03 bits per heavy atom. The highest BCUT2D eigenvalue weighted by Crippen LogP contribution is 2.27. The Bertz CT molecular complexity index is 1290. The normalized spacial score (nSPS) is 12.7. The van der Waals surface area contributed by atoms with Crippen molar-refractivity contribution in [2.24, 2.45) is 0 Å². The van der Waals surface area contributed by atoms with Crippen molar-refractivity contribution in [2.75, 3.05) is 44.7 Å². The molecule has 0 radical (unpaired) electrons. The molecule has 0 atom stereocenters. The fourth-order valence-corrected chi connectivity index (χ4v) is 4.55. The van der Waals surface area contributed by atoms with E-state index in [0.717, 1.165) is 23.4 Å². The van der Waals surface area contributed by atoms with Crippen LogP contribution in [0.2, 0.25) is 0 Å². The van der Waals surface area contributed by atoms with Crippen LogP contribution in [0.1, 0.15) is 23.6 Å². The second-order valence-corrected chi connectivity index (χ2v) is 9.38. The Kier molecular flexibility index (Phi) is 8.88. The number of amides is 2. The van der Waals surface area contributed by atoms with Gasteiger partial charge in [0.25, 0.3) is 11.5 Å². The minimum Gasteiger partial charge on any atom is -0.353 e. The molecule has 3 N–H and O–H groups in total. The van der Waals surface area contributed by atoms with E-state index in [0.29, 0.717) is 31.9 Å². The maximum absolute atomic E-state index is 13.4. The lowest BCUT2D eigenvalue weighted by atomic mass is 10.1. The molecule has 4 rings (SSSR count). The van der Waals surface area contributed by atoms with Gasteiger partial charge in [0.2, 0.25) is 5.91 Å². The van der Waals surface area contributed by atoms with E-state index in [1.54, 1.807) is 18.1 Å². The molecule has 0 saturated carbocycles. The zero-order valence-electron chi connectivity index (χ0n) is 22.2. The number of hydrogen-bond acceptors (Lipinski definition) is 7. The summed E-state index contributed by atoms with van der Waals surface area (Å²) >= 11 is 0. The first-order valence-electron chi connectivity index (χ1n) is 12.8. The summed E-state index contributed by atoms with van der Waals surface area (Å²) in [4.78, 5) is 39.5. The van der Waals surface area contributed by atoms with Crippen LogP contribution in [-0.4, -0.2) is 71.8 Å². The van der Waals surface area contributed by atoms with Gasteiger partial charge < -0.3 is 15.5 Å². The summed E-state index contributed by atoms with van der Waals surface area (Å²) < 4.78 is 0. The number of carbonyl (C=O) groups is 2. The van der Waals surface area contributed by atoms with Gasteiger partial charge >= 0.3 is 0 Å². The van der Waals surface area contributed by atoms with Crippen molar-refractivity contribution in [1.82, 2.24) is 30.8 Å². The van der Waals surface area contributed by atoms with Crippen LogP contribution in [0.4, 0.5) is 5.69 Å². The molecule has 2 aromatic carbocycles. The van der Waals surface area contributed by atoms with E-state index in [4.69, 9.17) is 0 Å². The highest BCUT2D eigenvalue weighted by molar-refractivity contribution is 5.87. The van der Waals surface area contributed by atoms with Crippen molar-refractivity contribution in [3.8, 4) is 11.3 Å². The van der Waals surface area contributed by atoms with E-state index >= 15 is 0 Å². The number of aryl methyl sites for hydroxylation is 1. The number of nitrogens with zero attached hydrogens (tertiary/aromatic N) is 4. The summed E-state index contributed by atoms with van der Waals surface area (Å²) in [6.07, 6.45) is 0. The third-order valence-corrected chi connectivity index (χ3v) is 6.66. The van der Waals surface area contributed by atoms with Crippen LogP contribution in [0.15, 0.2) is 59.4 Å². The summed E-state index contributed by atoms with van der Waals surface area (Å²) in [7, 11) is 1.78. The Morgan fingerprint density at radius 2 is 1.76 bits per heavy atom. The van der Waals surface area contributed by atoms with Crippen LogP contribution in [0, 0.1) is 6.92 Å². The van der Waals surface area contributed by atoms with E-state index in [2.05, 4.69) is 33.0 Å². The minimum absolute atomic E-state index is 0.0427. The molecular formula is C28H35N7O3. The second kappa shape index (κ2) is 12.5. The minimum atomic E-state index is -0.267. The largest absolute Gasteiger partial charge is 0.353 e. The molecule has 3 aromatic rings. The van der Waals surface area contributed by atoms with Gasteiger partial charge in [0.05, 0.1) is 18.8 Å². The summed E-state index contributed by atoms with van der Waals surface area (Å²) in [6, 6.07) is 17.0. The van der Waals surface area contributed by atoms with Gasteiger partial charge in [-0.3, -0.25) is 19.4 Å². The van der Waals surface area contributed by atoms with Gasteiger partial charge in [0.15, 0.2) is 0 Å². The monoisotopic (exact) mass is 517 g/mol. The quantitative estimate of drug-likeness (QED) is 0.332. The number of hydrogen-bond donors (Lipinski definition) is 3. The fourth-order valence-electron chi connectivity index (χ4n) is 4.55. The molecule has 0 saturated heterocycles. The molecule has 200 valence electrons. The van der Waals surface area contributed by atoms with Gasteiger partial charge in [-0.25, -0.2) is 10.1 Å². The lowest BCUT2D eigenvalue weighted by molar-refractivity contribution is -0.145. The molecular weight excluding hydrogens is 482 g/mol. The number of anilines is 1. The van der Waals surface area contributed by atoms with E-state index < -0.39 is 0 Å². The highest BCUT2D eigenvalue weighted by Gasteiger charge is 2.27. The molecule has 1 aliphatic rings. The van der Waals surface area contributed by atoms with Gasteiger partial charge in [0, 0.05) is 50.5 Å². The molecule has 0 bridgehead atoms. The van der Waals surface area contributed by atoms with Crippen LogP contribution in [0.3, 0.4) is 0 Å². The molecule has 0 unspecified atom stereocenters. The number of rotatable bonds is 11. The topological polar surface area (TPSA) is 114 Å². The first kappa shape index (κ1) is 27.0. The van der Waals surface area contributed by atoms with Crippen molar-refractivity contribution < 1.29 is 9.59 Å². The summed E-state index contributed by atoms with van der Waals surface area (Å²) in [5.41, 5.74) is 5.30. The summed E-state index contributed by atoms with van der Waals surface area (Å²) in [6.45, 7) is 7.40. The van der Waals surface area contributed by atoms with Gasteiger partial charge in [-0.15, -0.1) is 0 Å². The Morgan fingerprint density at radius 3 is 2.39 bits per heavy atom. The van der Waals surface area contributed by atoms with Crippen molar-refractivity contribution in [3.63, 3.8) is 0 Å². The van der Waals surface area contributed by atoms with Crippen molar-refractivity contribution >= 4 is 17.5 Å². The number of aromatic amines is 1. The van der Waals surface area contributed by atoms with Crippen LogP contribution in [0.5, 0.6) is 0 Å². The maximum atomic E-state index is 13.4. The maximum Gasteiger partial charge on any atom is 0.264 e. The van der Waals surface area contributed by atoms with E-state index in [9.17, 15) is 14.4 Å². The van der Waals surface area contributed by atoms with Crippen LogP contribution < -0.4 is 21.1 Å². The zero-order valence-corrected chi connectivity index (χ0v) is 22.2. The number of likely N-dealkylation sites (N-methyl/N-ethyl adjacent to an activating group) is 2. The van der Waals surface area contributed by atoms with Gasteiger partial charge in [-0.05, 0) is 48.4 Å². The van der Waals surface area contributed by atoms with Gasteiger partial charge in [0.1, 0.15) is 0 Å². The first-order chi connectivity index (χ1) is 18.4. The smallest absolute Gasteiger partial charge is 0.264 e. The lowest BCUT2D eigenvalue weighted by Gasteiger charge is -2.32. The molecule has 10 heteroatoms. The van der Waals surface area contributed by atoms with Gasteiger partial charge in [-0.1, -0.05) is 37.3 Å². The number of carbonyl (C=O) groups excluding carboxylic acids is 2. The van der Waals surface area contributed by atoms with Gasteiger partial charge in [-0.2, -0.15) is 5.10 Å². The fraction of sp³-hybridized carbons (Fsp3) is 0.357. The van der Waals surface area contributed by atoms with E-state index in [1.165, 1.54) is 17.2 Å². The van der Waals surface area contributed by atoms with Crippen molar-refractivity contribution in [1.29, 1.82) is 0 Å². The number of benzene rings is 2. The van der Waals surface area contributed by atoms with Crippen LogP contribution >= 0.6 is 0 Å². The lowest BCUT2D eigenvalue weighted by Crippen LogP contribution is -2.48. The zero-order chi connectivity index (χ0) is 27.1. The summed E-state index contributed by atoms with van der Waals surface area (Å²) in [5, 5.41) is 16.3. The standard InChI is InChI=1S/C28H35N7O3/c1-4-29-13-14-30-27(37)18-34(19-28(38)33(3)35-16-22-7-5-6-8-23(22)17-35)25-11-9-21(15-20(25)2)24-10-12-26(36)32-31-24/h5-12,15,29H,4,13-14,16-19H2,1-3H3,(H,30,37)(H,32,36). The number of hydrazine groups is 1.